The zero-order valence-corrected chi connectivity index (χ0v) is 12.6. The Labute approximate surface area is 120 Å². The van der Waals surface area contributed by atoms with Gasteiger partial charge in [0.2, 0.25) is 5.95 Å². The van der Waals surface area contributed by atoms with Crippen LogP contribution >= 0.6 is 0 Å². The summed E-state index contributed by atoms with van der Waals surface area (Å²) < 4.78 is 0. The van der Waals surface area contributed by atoms with Crippen molar-refractivity contribution in [2.75, 3.05) is 25.0 Å². The third-order valence-electron chi connectivity index (χ3n) is 3.61. The zero-order valence-electron chi connectivity index (χ0n) is 12.6. The van der Waals surface area contributed by atoms with Crippen molar-refractivity contribution in [2.45, 2.75) is 33.6 Å². The van der Waals surface area contributed by atoms with Crippen LogP contribution < -0.4 is 5.32 Å². The van der Waals surface area contributed by atoms with Crippen LogP contribution in [0.3, 0.4) is 0 Å². The molecule has 1 fully saturated rings. The Morgan fingerprint density at radius 2 is 2.15 bits per heavy atom. The summed E-state index contributed by atoms with van der Waals surface area (Å²) >= 11 is 0. The predicted molar refractivity (Wildman–Crippen MR) is 79.7 cm³/mol. The van der Waals surface area contributed by atoms with E-state index in [4.69, 9.17) is 0 Å². The molecule has 0 unspecified atom stereocenters. The van der Waals surface area contributed by atoms with Crippen LogP contribution in [0.2, 0.25) is 0 Å². The molecule has 1 N–H and O–H groups in total. The number of anilines is 1. The lowest BCUT2D eigenvalue weighted by Gasteiger charge is -2.30. The van der Waals surface area contributed by atoms with Gasteiger partial charge in [0.05, 0.1) is 0 Å². The van der Waals surface area contributed by atoms with Crippen molar-refractivity contribution in [3.63, 3.8) is 0 Å². The quantitative estimate of drug-likeness (QED) is 0.917. The standard InChI is InChI=1S/C15H24N4O/c1-11(2)10-17-15-16-7-4-13(18-15)14(20)19-8-5-12(3)6-9-19/h4,7,11-12H,5-6,8-10H2,1-3H3,(H,16,17,18). The van der Waals surface area contributed by atoms with Crippen LogP contribution in [0.25, 0.3) is 0 Å². The van der Waals surface area contributed by atoms with Crippen LogP contribution in [0.1, 0.15) is 44.1 Å². The van der Waals surface area contributed by atoms with E-state index < -0.39 is 0 Å². The van der Waals surface area contributed by atoms with E-state index in [0.717, 1.165) is 32.5 Å². The van der Waals surface area contributed by atoms with Crippen molar-refractivity contribution in [1.29, 1.82) is 0 Å². The number of carbonyl (C=O) groups is 1. The molecule has 0 radical (unpaired) electrons. The summed E-state index contributed by atoms with van der Waals surface area (Å²) in [6.45, 7) is 8.95. The summed E-state index contributed by atoms with van der Waals surface area (Å²) in [5.74, 6) is 1.79. The highest BCUT2D eigenvalue weighted by atomic mass is 16.2. The number of aromatic nitrogens is 2. The first-order valence-electron chi connectivity index (χ1n) is 7.42. The van der Waals surface area contributed by atoms with Gasteiger partial charge in [-0.25, -0.2) is 9.97 Å². The highest BCUT2D eigenvalue weighted by molar-refractivity contribution is 5.92. The first-order chi connectivity index (χ1) is 9.56. The van der Waals surface area contributed by atoms with E-state index in [0.29, 0.717) is 23.5 Å². The number of hydrogen-bond donors (Lipinski definition) is 1. The van der Waals surface area contributed by atoms with Crippen LogP contribution in [0.5, 0.6) is 0 Å². The smallest absolute Gasteiger partial charge is 0.272 e. The third-order valence-corrected chi connectivity index (χ3v) is 3.61. The van der Waals surface area contributed by atoms with Crippen molar-refractivity contribution in [3.8, 4) is 0 Å². The molecule has 1 aromatic rings. The van der Waals surface area contributed by atoms with E-state index in [2.05, 4.69) is 36.1 Å². The summed E-state index contributed by atoms with van der Waals surface area (Å²) in [6, 6.07) is 1.70. The lowest BCUT2D eigenvalue weighted by atomic mass is 9.99. The van der Waals surface area contributed by atoms with Gasteiger partial charge < -0.3 is 10.2 Å². The Hall–Kier alpha value is -1.65. The number of hydrogen-bond acceptors (Lipinski definition) is 4. The molecule has 0 atom stereocenters. The molecule has 2 rings (SSSR count). The number of rotatable bonds is 4. The Kier molecular flexibility index (Phi) is 4.93. The summed E-state index contributed by atoms with van der Waals surface area (Å²) in [4.78, 5) is 22.8. The Morgan fingerprint density at radius 3 is 2.80 bits per heavy atom. The molecule has 0 aromatic carbocycles. The zero-order chi connectivity index (χ0) is 14.5. The SMILES string of the molecule is CC(C)CNc1nccc(C(=O)N2CCC(C)CC2)n1. The lowest BCUT2D eigenvalue weighted by Crippen LogP contribution is -2.38. The van der Waals surface area contributed by atoms with Crippen molar-refractivity contribution < 1.29 is 4.79 Å². The summed E-state index contributed by atoms with van der Waals surface area (Å²) in [5, 5.41) is 3.16. The monoisotopic (exact) mass is 276 g/mol. The predicted octanol–water partition coefficient (Wildman–Crippen LogP) is 2.42. The van der Waals surface area contributed by atoms with Gasteiger partial charge in [-0.15, -0.1) is 0 Å². The number of nitrogens with zero attached hydrogens (tertiary/aromatic N) is 3. The van der Waals surface area contributed by atoms with Gasteiger partial charge in [0.25, 0.3) is 5.91 Å². The maximum absolute atomic E-state index is 12.4. The molecule has 0 spiro atoms. The van der Waals surface area contributed by atoms with Crippen molar-refractivity contribution >= 4 is 11.9 Å². The molecule has 0 saturated carbocycles. The molecule has 0 bridgehead atoms. The minimum absolute atomic E-state index is 0.0203. The van der Waals surface area contributed by atoms with E-state index in [1.165, 1.54) is 0 Å². The second kappa shape index (κ2) is 6.68. The molecule has 1 aromatic heterocycles. The fourth-order valence-corrected chi connectivity index (χ4v) is 2.23. The van der Waals surface area contributed by atoms with Crippen LogP contribution in [0.4, 0.5) is 5.95 Å². The molecule has 5 nitrogen and oxygen atoms in total. The number of carbonyl (C=O) groups excluding carboxylic acids is 1. The van der Waals surface area contributed by atoms with Gasteiger partial charge in [0.1, 0.15) is 5.69 Å². The molecule has 2 heterocycles. The number of piperidine rings is 1. The second-order valence-corrected chi connectivity index (χ2v) is 6.01. The molecule has 1 amide bonds. The molecule has 0 aliphatic carbocycles. The molecule has 1 aliphatic rings. The van der Waals surface area contributed by atoms with Crippen LogP contribution in [-0.4, -0.2) is 40.4 Å². The number of amides is 1. The number of nitrogens with one attached hydrogen (secondary N) is 1. The van der Waals surface area contributed by atoms with Gasteiger partial charge >= 0.3 is 0 Å². The number of likely N-dealkylation sites (tertiary alicyclic amines) is 1. The largest absolute Gasteiger partial charge is 0.354 e. The average Bonchev–Trinajstić information content (AvgIpc) is 2.45. The lowest BCUT2D eigenvalue weighted by molar-refractivity contribution is 0.0691. The molecule has 110 valence electrons. The Morgan fingerprint density at radius 1 is 1.45 bits per heavy atom. The molecular formula is C15H24N4O. The normalized spacial score (nSPS) is 16.5. The van der Waals surface area contributed by atoms with E-state index in [-0.39, 0.29) is 5.91 Å². The maximum atomic E-state index is 12.4. The minimum atomic E-state index is 0.0203. The molecule has 1 saturated heterocycles. The van der Waals surface area contributed by atoms with Crippen molar-refractivity contribution in [2.24, 2.45) is 11.8 Å². The van der Waals surface area contributed by atoms with E-state index in [9.17, 15) is 4.79 Å². The van der Waals surface area contributed by atoms with Gasteiger partial charge in [-0.1, -0.05) is 20.8 Å². The molecule has 1 aliphatic heterocycles. The van der Waals surface area contributed by atoms with E-state index in [1.807, 2.05) is 4.90 Å². The molecule has 20 heavy (non-hydrogen) atoms. The summed E-state index contributed by atoms with van der Waals surface area (Å²) in [5.41, 5.74) is 0.487. The van der Waals surface area contributed by atoms with Crippen LogP contribution in [0.15, 0.2) is 12.3 Å². The van der Waals surface area contributed by atoms with E-state index in [1.54, 1.807) is 12.3 Å². The summed E-state index contributed by atoms with van der Waals surface area (Å²) in [6.07, 6.45) is 3.81. The van der Waals surface area contributed by atoms with Gasteiger partial charge in [-0.3, -0.25) is 4.79 Å². The fourth-order valence-electron chi connectivity index (χ4n) is 2.23. The van der Waals surface area contributed by atoms with Crippen LogP contribution in [0, 0.1) is 11.8 Å². The van der Waals surface area contributed by atoms with Crippen molar-refractivity contribution in [1.82, 2.24) is 14.9 Å². The molecular weight excluding hydrogens is 252 g/mol. The average molecular weight is 276 g/mol. The van der Waals surface area contributed by atoms with Gasteiger partial charge in [0.15, 0.2) is 0 Å². The Balaban J connectivity index is 2.00. The van der Waals surface area contributed by atoms with Crippen molar-refractivity contribution in [3.05, 3.63) is 18.0 Å². The third kappa shape index (κ3) is 3.92. The molecule has 5 heteroatoms. The first kappa shape index (κ1) is 14.8. The fraction of sp³-hybridized carbons (Fsp3) is 0.667. The van der Waals surface area contributed by atoms with Crippen LogP contribution in [-0.2, 0) is 0 Å². The maximum Gasteiger partial charge on any atom is 0.272 e. The van der Waals surface area contributed by atoms with Gasteiger partial charge in [0, 0.05) is 25.8 Å². The van der Waals surface area contributed by atoms with Gasteiger partial charge in [-0.05, 0) is 30.7 Å². The van der Waals surface area contributed by atoms with E-state index >= 15 is 0 Å². The highest BCUT2D eigenvalue weighted by Gasteiger charge is 2.22. The highest BCUT2D eigenvalue weighted by Crippen LogP contribution is 2.17. The minimum Gasteiger partial charge on any atom is -0.354 e. The summed E-state index contributed by atoms with van der Waals surface area (Å²) in [7, 11) is 0. The Bertz CT molecular complexity index is 453. The van der Waals surface area contributed by atoms with Gasteiger partial charge in [-0.2, -0.15) is 0 Å². The second-order valence-electron chi connectivity index (χ2n) is 6.01. The first-order valence-corrected chi connectivity index (χ1v) is 7.42. The topological polar surface area (TPSA) is 58.1 Å².